The highest BCUT2D eigenvalue weighted by molar-refractivity contribution is 6.04. The molecule has 2 aromatic rings. The molecule has 0 atom stereocenters. The lowest BCUT2D eigenvalue weighted by Gasteiger charge is -2.42. The molecular formula is C28H39N7O. The van der Waals surface area contributed by atoms with E-state index in [2.05, 4.69) is 56.8 Å². The molecule has 1 saturated heterocycles. The highest BCUT2D eigenvalue weighted by atomic mass is 16.1. The highest BCUT2D eigenvalue weighted by Gasteiger charge is 2.32. The lowest BCUT2D eigenvalue weighted by atomic mass is 9.94. The number of allylic oxidation sites excluding steroid dienone is 1. The van der Waals surface area contributed by atoms with Crippen LogP contribution in [-0.4, -0.2) is 69.9 Å². The Kier molecular flexibility index (Phi) is 6.72. The van der Waals surface area contributed by atoms with Crippen LogP contribution in [0.25, 0.3) is 5.57 Å². The van der Waals surface area contributed by atoms with Crippen molar-refractivity contribution < 1.29 is 4.79 Å². The number of Topliss-reactive ketones (excluding diaryl/α,β-unsaturated/α-hetero) is 1. The molecule has 2 aromatic heterocycles. The number of fused-ring (bicyclic) bond motifs is 1. The third-order valence-electron chi connectivity index (χ3n) is 8.00. The Bertz CT molecular complexity index is 1140. The second-order valence-electron chi connectivity index (χ2n) is 11.3. The van der Waals surface area contributed by atoms with E-state index in [9.17, 15) is 4.79 Å². The number of hydrogen-bond donors (Lipinski definition) is 1. The molecule has 0 aromatic carbocycles. The van der Waals surface area contributed by atoms with Gasteiger partial charge in [0.2, 0.25) is 5.95 Å². The van der Waals surface area contributed by atoms with Gasteiger partial charge in [0.15, 0.2) is 5.78 Å². The van der Waals surface area contributed by atoms with Gasteiger partial charge in [0, 0.05) is 61.6 Å². The summed E-state index contributed by atoms with van der Waals surface area (Å²) >= 11 is 0. The maximum atomic E-state index is 12.3. The van der Waals surface area contributed by atoms with Crippen molar-refractivity contribution >= 4 is 34.6 Å². The number of anilines is 4. The fourth-order valence-electron chi connectivity index (χ4n) is 5.73. The first-order valence-electron chi connectivity index (χ1n) is 13.3. The van der Waals surface area contributed by atoms with Gasteiger partial charge in [-0.1, -0.05) is 12.8 Å². The van der Waals surface area contributed by atoms with Crippen molar-refractivity contribution in [3.63, 3.8) is 0 Å². The number of nitrogens with zero attached hydrogens (tertiary/aromatic N) is 6. The van der Waals surface area contributed by atoms with Gasteiger partial charge in [-0.25, -0.2) is 9.97 Å². The van der Waals surface area contributed by atoms with E-state index in [1.807, 2.05) is 25.4 Å². The van der Waals surface area contributed by atoms with Crippen LogP contribution in [0.15, 0.2) is 30.1 Å². The van der Waals surface area contributed by atoms with Crippen LogP contribution >= 0.6 is 0 Å². The van der Waals surface area contributed by atoms with Gasteiger partial charge in [-0.3, -0.25) is 9.69 Å². The van der Waals surface area contributed by atoms with Crippen molar-refractivity contribution in [1.29, 1.82) is 0 Å². The van der Waals surface area contributed by atoms with Crippen LogP contribution in [0.3, 0.4) is 0 Å². The number of carbonyl (C=O) groups is 1. The molecule has 2 aliphatic heterocycles. The Balaban J connectivity index is 1.32. The van der Waals surface area contributed by atoms with E-state index in [0.29, 0.717) is 18.5 Å². The molecule has 1 saturated carbocycles. The van der Waals surface area contributed by atoms with Gasteiger partial charge in [0.25, 0.3) is 0 Å². The molecule has 0 radical (unpaired) electrons. The molecule has 36 heavy (non-hydrogen) atoms. The van der Waals surface area contributed by atoms with Crippen LogP contribution in [0.4, 0.5) is 23.3 Å². The van der Waals surface area contributed by atoms with Crippen LogP contribution in [0, 0.1) is 0 Å². The Morgan fingerprint density at radius 2 is 1.75 bits per heavy atom. The van der Waals surface area contributed by atoms with Gasteiger partial charge in [0.1, 0.15) is 11.6 Å². The Morgan fingerprint density at radius 3 is 2.36 bits per heavy atom. The van der Waals surface area contributed by atoms with E-state index in [-0.39, 0.29) is 11.3 Å². The standard InChI is InChI=1S/C28H39N7O/c1-19-23-17-30-27(32-26(23)35(18-24(19)20(2)36)21-8-6-7-9-21)31-25-11-10-22(16-29-25)33-12-14-34(15-13-33)28(3,4)5/h10-11,16-17,21H,6-9,12-15,18H2,1-5H3,(H,29,30,31,32). The van der Waals surface area contributed by atoms with Crippen molar-refractivity contribution in [3.8, 4) is 0 Å². The Hall–Kier alpha value is -3.00. The number of nitrogens with one attached hydrogen (secondary N) is 1. The minimum Gasteiger partial charge on any atom is -0.368 e. The lowest BCUT2D eigenvalue weighted by Crippen LogP contribution is -2.53. The predicted octanol–water partition coefficient (Wildman–Crippen LogP) is 4.66. The first-order valence-corrected chi connectivity index (χ1v) is 13.3. The molecule has 0 bridgehead atoms. The predicted molar refractivity (Wildman–Crippen MR) is 146 cm³/mol. The van der Waals surface area contributed by atoms with Crippen LogP contribution in [0.1, 0.15) is 65.9 Å². The second-order valence-corrected chi connectivity index (χ2v) is 11.3. The molecular weight excluding hydrogens is 450 g/mol. The summed E-state index contributed by atoms with van der Waals surface area (Å²) in [7, 11) is 0. The number of hydrogen-bond acceptors (Lipinski definition) is 8. The zero-order valence-electron chi connectivity index (χ0n) is 22.3. The maximum Gasteiger partial charge on any atom is 0.230 e. The van der Waals surface area contributed by atoms with E-state index < -0.39 is 0 Å². The van der Waals surface area contributed by atoms with Gasteiger partial charge in [0.05, 0.1) is 11.9 Å². The van der Waals surface area contributed by atoms with Crippen molar-refractivity contribution in [2.75, 3.05) is 47.8 Å². The molecule has 5 rings (SSSR count). The third-order valence-corrected chi connectivity index (χ3v) is 8.00. The first-order chi connectivity index (χ1) is 17.2. The van der Waals surface area contributed by atoms with Gasteiger partial charge in [-0.05, 0) is 65.2 Å². The average molecular weight is 490 g/mol. The highest BCUT2D eigenvalue weighted by Crippen LogP contribution is 2.38. The fourth-order valence-corrected chi connectivity index (χ4v) is 5.73. The van der Waals surface area contributed by atoms with Crippen LogP contribution in [0.5, 0.6) is 0 Å². The van der Waals surface area contributed by atoms with Gasteiger partial charge >= 0.3 is 0 Å². The van der Waals surface area contributed by atoms with E-state index in [1.165, 1.54) is 12.8 Å². The SMILES string of the molecule is CC(=O)C1=C(C)c2cnc(Nc3ccc(N4CCN(C(C)(C)C)CC4)cn3)nc2N(C2CCCC2)C1. The second kappa shape index (κ2) is 9.81. The van der Waals surface area contributed by atoms with Crippen molar-refractivity contribution in [3.05, 3.63) is 35.7 Å². The largest absolute Gasteiger partial charge is 0.368 e. The van der Waals surface area contributed by atoms with Gasteiger partial charge < -0.3 is 15.1 Å². The molecule has 0 unspecified atom stereocenters. The number of pyridine rings is 1. The number of carbonyl (C=O) groups excluding carboxylic acids is 1. The summed E-state index contributed by atoms with van der Waals surface area (Å²) in [5.74, 6) is 2.32. The van der Waals surface area contributed by atoms with E-state index in [0.717, 1.165) is 73.1 Å². The number of ketones is 1. The normalized spacial score (nSPS) is 19.6. The van der Waals surface area contributed by atoms with Crippen LogP contribution in [0.2, 0.25) is 0 Å². The molecule has 0 amide bonds. The summed E-state index contributed by atoms with van der Waals surface area (Å²) in [5, 5.41) is 3.30. The van der Waals surface area contributed by atoms with Crippen LogP contribution < -0.4 is 15.1 Å². The zero-order chi connectivity index (χ0) is 25.4. The molecule has 0 spiro atoms. The maximum absolute atomic E-state index is 12.3. The molecule has 3 aliphatic rings. The summed E-state index contributed by atoms with van der Waals surface area (Å²) in [6.45, 7) is 15.3. The monoisotopic (exact) mass is 489 g/mol. The van der Waals surface area contributed by atoms with E-state index >= 15 is 0 Å². The van der Waals surface area contributed by atoms with E-state index in [1.54, 1.807) is 6.92 Å². The zero-order valence-corrected chi connectivity index (χ0v) is 22.3. The van der Waals surface area contributed by atoms with Crippen molar-refractivity contribution in [2.24, 2.45) is 0 Å². The Labute approximate surface area is 214 Å². The van der Waals surface area contributed by atoms with Gasteiger partial charge in [-0.15, -0.1) is 0 Å². The quantitative estimate of drug-likeness (QED) is 0.650. The molecule has 1 N–H and O–H groups in total. The molecule has 2 fully saturated rings. The number of aromatic nitrogens is 3. The first kappa shape index (κ1) is 24.7. The molecule has 8 nitrogen and oxygen atoms in total. The van der Waals surface area contributed by atoms with E-state index in [4.69, 9.17) is 4.98 Å². The summed E-state index contributed by atoms with van der Waals surface area (Å²) in [5.41, 5.74) is 4.18. The fraction of sp³-hybridized carbons (Fsp3) is 0.571. The minimum absolute atomic E-state index is 0.132. The lowest BCUT2D eigenvalue weighted by molar-refractivity contribution is -0.113. The average Bonchev–Trinajstić information content (AvgIpc) is 3.39. The summed E-state index contributed by atoms with van der Waals surface area (Å²) in [6.07, 6.45) is 8.53. The minimum atomic E-state index is 0.132. The molecule has 8 heteroatoms. The summed E-state index contributed by atoms with van der Waals surface area (Å²) in [6, 6.07) is 4.55. The summed E-state index contributed by atoms with van der Waals surface area (Å²) < 4.78 is 0. The molecule has 1 aliphatic carbocycles. The van der Waals surface area contributed by atoms with Crippen molar-refractivity contribution in [2.45, 2.75) is 71.9 Å². The molecule has 4 heterocycles. The number of piperazine rings is 1. The van der Waals surface area contributed by atoms with Crippen LogP contribution in [-0.2, 0) is 4.79 Å². The molecule has 192 valence electrons. The van der Waals surface area contributed by atoms with Crippen molar-refractivity contribution in [1.82, 2.24) is 19.9 Å². The number of rotatable bonds is 5. The smallest absolute Gasteiger partial charge is 0.230 e. The third kappa shape index (κ3) is 4.96. The Morgan fingerprint density at radius 1 is 1.03 bits per heavy atom. The van der Waals surface area contributed by atoms with Gasteiger partial charge in [-0.2, -0.15) is 4.98 Å². The summed E-state index contributed by atoms with van der Waals surface area (Å²) in [4.78, 5) is 33.8. The topological polar surface area (TPSA) is 77.5 Å².